The molecule has 0 saturated carbocycles. The first kappa shape index (κ1) is 16.2. The van der Waals surface area contributed by atoms with Crippen molar-refractivity contribution < 1.29 is 9.59 Å². The van der Waals surface area contributed by atoms with E-state index in [2.05, 4.69) is 38.1 Å². The van der Waals surface area contributed by atoms with E-state index in [1.54, 1.807) is 0 Å². The zero-order valence-corrected chi connectivity index (χ0v) is 15.7. The lowest BCUT2D eigenvalue weighted by atomic mass is 9.90. The normalized spacial score (nSPS) is 28.7. The van der Waals surface area contributed by atoms with Gasteiger partial charge in [0.15, 0.2) is 0 Å². The van der Waals surface area contributed by atoms with E-state index in [-0.39, 0.29) is 23.8 Å². The van der Waals surface area contributed by atoms with Gasteiger partial charge in [0.05, 0.1) is 17.6 Å². The Labute approximate surface area is 160 Å². The van der Waals surface area contributed by atoms with Crippen LogP contribution in [-0.4, -0.2) is 41.0 Å². The highest BCUT2D eigenvalue weighted by Gasteiger charge is 2.62. The van der Waals surface area contributed by atoms with Crippen molar-refractivity contribution in [2.75, 3.05) is 18.0 Å². The summed E-state index contributed by atoms with van der Waals surface area (Å²) in [5.41, 5.74) is 1.74. The van der Waals surface area contributed by atoms with E-state index in [4.69, 9.17) is 0 Å². The van der Waals surface area contributed by atoms with Gasteiger partial charge in [0.25, 0.3) is 5.91 Å². The van der Waals surface area contributed by atoms with Gasteiger partial charge in [0.2, 0.25) is 5.91 Å². The van der Waals surface area contributed by atoms with E-state index in [1.807, 2.05) is 42.5 Å². The van der Waals surface area contributed by atoms with E-state index >= 15 is 0 Å². The van der Waals surface area contributed by atoms with Gasteiger partial charge in [-0.1, -0.05) is 52.3 Å². The van der Waals surface area contributed by atoms with Crippen LogP contribution < -0.4 is 4.90 Å². The number of carbonyl (C=O) groups excluding carboxylic acids is 2. The lowest BCUT2D eigenvalue weighted by Gasteiger charge is -2.29. The Bertz CT molecular complexity index is 888. The zero-order valence-electron chi connectivity index (χ0n) is 14.1. The van der Waals surface area contributed by atoms with Gasteiger partial charge in [0, 0.05) is 17.6 Å². The maximum atomic E-state index is 13.4. The predicted octanol–water partition coefficient (Wildman–Crippen LogP) is 2.98. The van der Waals surface area contributed by atoms with Gasteiger partial charge in [-0.2, -0.15) is 0 Å². The maximum absolute atomic E-state index is 13.4. The van der Waals surface area contributed by atoms with E-state index in [1.165, 1.54) is 4.90 Å². The predicted molar refractivity (Wildman–Crippen MR) is 101 cm³/mol. The topological polar surface area (TPSA) is 43.9 Å². The molecule has 0 bridgehead atoms. The molecule has 3 fully saturated rings. The van der Waals surface area contributed by atoms with Crippen LogP contribution in [0.1, 0.15) is 18.0 Å². The third-order valence-electron chi connectivity index (χ3n) is 5.61. The number of hydrazine groups is 1. The van der Waals surface area contributed by atoms with Crippen LogP contribution >= 0.6 is 15.9 Å². The SMILES string of the molecule is O=C1[C@H]2[C@@H](c3ccccc3)N3CCCN3[C@H]2C(=O)N1c1cccc(Br)c1. The molecule has 2 aromatic carbocycles. The second kappa shape index (κ2) is 6.01. The Hall–Kier alpha value is -2.02. The summed E-state index contributed by atoms with van der Waals surface area (Å²) in [7, 11) is 0. The lowest BCUT2D eigenvalue weighted by Crippen LogP contribution is -2.44. The summed E-state index contributed by atoms with van der Waals surface area (Å²) in [4.78, 5) is 28.0. The fourth-order valence-electron chi connectivity index (χ4n) is 4.63. The minimum atomic E-state index is -0.394. The van der Waals surface area contributed by atoms with E-state index in [0.29, 0.717) is 5.69 Å². The molecule has 0 aromatic heterocycles. The first-order valence-corrected chi connectivity index (χ1v) is 9.67. The maximum Gasteiger partial charge on any atom is 0.253 e. The third kappa shape index (κ3) is 2.22. The Morgan fingerprint density at radius 1 is 0.846 bits per heavy atom. The molecule has 0 aliphatic carbocycles. The quantitative estimate of drug-likeness (QED) is 0.712. The van der Waals surface area contributed by atoms with Crippen molar-refractivity contribution in [2.45, 2.75) is 18.5 Å². The van der Waals surface area contributed by atoms with Crippen molar-refractivity contribution in [3.05, 3.63) is 64.6 Å². The summed E-state index contributed by atoms with van der Waals surface area (Å²) in [6.07, 6.45) is 1.02. The fraction of sp³-hybridized carbons (Fsp3) is 0.300. The molecule has 3 heterocycles. The number of hydrogen-bond donors (Lipinski definition) is 0. The molecule has 3 aliphatic rings. The van der Waals surface area contributed by atoms with Gasteiger partial charge in [-0.05, 0) is 30.2 Å². The Morgan fingerprint density at radius 3 is 2.31 bits per heavy atom. The van der Waals surface area contributed by atoms with Gasteiger partial charge in [-0.3, -0.25) is 9.59 Å². The molecule has 2 aromatic rings. The molecule has 5 nitrogen and oxygen atoms in total. The highest BCUT2D eigenvalue weighted by molar-refractivity contribution is 9.10. The Morgan fingerprint density at radius 2 is 1.58 bits per heavy atom. The monoisotopic (exact) mass is 411 g/mol. The molecule has 132 valence electrons. The van der Waals surface area contributed by atoms with Crippen LogP contribution in [0.2, 0.25) is 0 Å². The number of benzene rings is 2. The van der Waals surface area contributed by atoms with Gasteiger partial charge < -0.3 is 0 Å². The molecule has 5 rings (SSSR count). The van der Waals surface area contributed by atoms with Gasteiger partial charge in [-0.15, -0.1) is 0 Å². The molecule has 3 aliphatic heterocycles. The summed E-state index contributed by atoms with van der Waals surface area (Å²) in [6.45, 7) is 1.72. The summed E-state index contributed by atoms with van der Waals surface area (Å²) in [5.74, 6) is -0.561. The minimum absolute atomic E-state index is 0.0719. The molecule has 0 unspecified atom stereocenters. The highest BCUT2D eigenvalue weighted by atomic mass is 79.9. The fourth-order valence-corrected chi connectivity index (χ4v) is 5.02. The number of fused-ring (bicyclic) bond motifs is 3. The molecule has 2 amide bonds. The van der Waals surface area contributed by atoms with Crippen molar-refractivity contribution in [1.82, 2.24) is 10.0 Å². The van der Waals surface area contributed by atoms with Gasteiger partial charge >= 0.3 is 0 Å². The molecule has 3 saturated heterocycles. The molecule has 3 atom stereocenters. The van der Waals surface area contributed by atoms with Crippen LogP contribution in [0.3, 0.4) is 0 Å². The number of amides is 2. The lowest BCUT2D eigenvalue weighted by molar-refractivity contribution is -0.126. The van der Waals surface area contributed by atoms with Gasteiger partial charge in [-0.25, -0.2) is 14.9 Å². The first-order chi connectivity index (χ1) is 12.7. The number of rotatable bonds is 2. The van der Waals surface area contributed by atoms with Crippen molar-refractivity contribution in [2.24, 2.45) is 5.92 Å². The summed E-state index contributed by atoms with van der Waals surface area (Å²) < 4.78 is 0.857. The molecule has 0 spiro atoms. The summed E-state index contributed by atoms with van der Waals surface area (Å²) in [6, 6.07) is 17.0. The summed E-state index contributed by atoms with van der Waals surface area (Å²) in [5, 5.41) is 4.36. The Balaban J connectivity index is 1.60. The minimum Gasteiger partial charge on any atom is -0.274 e. The molecule has 0 N–H and O–H groups in total. The number of halogens is 1. The molecular formula is C20H18BrN3O2. The second-order valence-electron chi connectivity index (χ2n) is 7.00. The number of nitrogens with zero attached hydrogens (tertiary/aromatic N) is 3. The van der Waals surface area contributed by atoms with Crippen LogP contribution in [0.5, 0.6) is 0 Å². The summed E-state index contributed by atoms with van der Waals surface area (Å²) >= 11 is 3.44. The smallest absolute Gasteiger partial charge is 0.253 e. The van der Waals surface area contributed by atoms with E-state index in [0.717, 1.165) is 29.5 Å². The van der Waals surface area contributed by atoms with Crippen LogP contribution in [0.15, 0.2) is 59.1 Å². The molecule has 0 radical (unpaired) electrons. The van der Waals surface area contributed by atoms with Crippen molar-refractivity contribution >= 4 is 33.4 Å². The van der Waals surface area contributed by atoms with Crippen LogP contribution in [0.25, 0.3) is 0 Å². The van der Waals surface area contributed by atoms with E-state index in [9.17, 15) is 9.59 Å². The largest absolute Gasteiger partial charge is 0.274 e. The Kier molecular flexibility index (Phi) is 3.74. The standard InChI is InChI=1S/C20H18BrN3O2/c21-14-8-4-9-15(12-14)24-19(25)16-17(13-6-2-1-3-7-13)22-10-5-11-23(22)18(16)20(24)26/h1-4,6-9,12,16-18H,5,10-11H2/t16-,17+,18+/m0/s1. The second-order valence-corrected chi connectivity index (χ2v) is 7.91. The average Bonchev–Trinajstić information content (AvgIpc) is 3.28. The number of hydrogen-bond acceptors (Lipinski definition) is 4. The number of anilines is 1. The zero-order chi connectivity index (χ0) is 17.8. The number of carbonyl (C=O) groups is 2. The number of imide groups is 1. The highest BCUT2D eigenvalue weighted by Crippen LogP contribution is 2.48. The van der Waals surface area contributed by atoms with Crippen molar-refractivity contribution in [3.8, 4) is 0 Å². The van der Waals surface area contributed by atoms with Crippen LogP contribution in [0.4, 0.5) is 5.69 Å². The average molecular weight is 412 g/mol. The molecular weight excluding hydrogens is 394 g/mol. The van der Waals surface area contributed by atoms with E-state index < -0.39 is 6.04 Å². The third-order valence-corrected chi connectivity index (χ3v) is 6.11. The van der Waals surface area contributed by atoms with Crippen molar-refractivity contribution in [3.63, 3.8) is 0 Å². The van der Waals surface area contributed by atoms with Crippen LogP contribution in [0, 0.1) is 5.92 Å². The molecule has 6 heteroatoms. The van der Waals surface area contributed by atoms with Gasteiger partial charge in [0.1, 0.15) is 6.04 Å². The first-order valence-electron chi connectivity index (χ1n) is 8.88. The van der Waals surface area contributed by atoms with Crippen molar-refractivity contribution in [1.29, 1.82) is 0 Å². The van der Waals surface area contributed by atoms with Crippen LogP contribution in [-0.2, 0) is 9.59 Å². The molecule has 26 heavy (non-hydrogen) atoms.